The van der Waals surface area contributed by atoms with Crippen LogP contribution in [0.1, 0.15) is 11.3 Å². The number of hydrogen-bond acceptors (Lipinski definition) is 3. The number of nitrogens with one attached hydrogen (secondary N) is 1. The maximum atomic E-state index is 12.1. The van der Waals surface area contributed by atoms with Crippen LogP contribution in [0.3, 0.4) is 0 Å². The second-order valence-corrected chi connectivity index (χ2v) is 7.01. The lowest BCUT2D eigenvalue weighted by Gasteiger charge is -2.14. The summed E-state index contributed by atoms with van der Waals surface area (Å²) < 4.78 is 1.59. The monoisotopic (exact) mass is 336 g/mol. The summed E-state index contributed by atoms with van der Waals surface area (Å²) in [7, 11) is 2.13. The molecule has 2 aromatic heterocycles. The summed E-state index contributed by atoms with van der Waals surface area (Å²) in [5.41, 5.74) is 2.13. The summed E-state index contributed by atoms with van der Waals surface area (Å²) in [4.78, 5) is 18.7. The molecular weight excluding hydrogens is 318 g/mol. The SMILES string of the molecule is C[NH+](Cc1ccc2ccccc2c1)Cc1cc(=O)n2ccsc2n1. The molecule has 0 fully saturated rings. The van der Waals surface area contributed by atoms with Gasteiger partial charge >= 0.3 is 0 Å². The molecule has 0 saturated carbocycles. The Kier molecular flexibility index (Phi) is 3.88. The van der Waals surface area contributed by atoms with Crippen molar-refractivity contribution in [2.45, 2.75) is 13.1 Å². The molecule has 5 heteroatoms. The third-order valence-corrected chi connectivity index (χ3v) is 4.92. The highest BCUT2D eigenvalue weighted by molar-refractivity contribution is 7.15. The van der Waals surface area contributed by atoms with E-state index in [2.05, 4.69) is 54.5 Å². The first-order chi connectivity index (χ1) is 11.7. The molecule has 4 rings (SSSR count). The lowest BCUT2D eigenvalue weighted by molar-refractivity contribution is -0.908. The Bertz CT molecular complexity index is 1070. The lowest BCUT2D eigenvalue weighted by Crippen LogP contribution is -3.06. The molecule has 4 nitrogen and oxygen atoms in total. The van der Waals surface area contributed by atoms with Gasteiger partial charge in [-0.15, -0.1) is 11.3 Å². The van der Waals surface area contributed by atoms with Gasteiger partial charge in [-0.2, -0.15) is 0 Å². The Hall–Kier alpha value is -2.50. The van der Waals surface area contributed by atoms with E-state index in [1.807, 2.05) is 5.38 Å². The molecule has 0 radical (unpaired) electrons. The highest BCUT2D eigenvalue weighted by atomic mass is 32.1. The minimum atomic E-state index is -0.00486. The molecule has 0 aliphatic heterocycles. The van der Waals surface area contributed by atoms with Crippen molar-refractivity contribution in [3.05, 3.63) is 81.7 Å². The number of benzene rings is 2. The van der Waals surface area contributed by atoms with Crippen LogP contribution in [0, 0.1) is 0 Å². The predicted molar refractivity (Wildman–Crippen MR) is 97.6 cm³/mol. The van der Waals surface area contributed by atoms with Crippen molar-refractivity contribution in [1.82, 2.24) is 9.38 Å². The summed E-state index contributed by atoms with van der Waals surface area (Å²) in [5.74, 6) is 0. The van der Waals surface area contributed by atoms with Gasteiger partial charge in [0.05, 0.1) is 7.05 Å². The molecule has 0 amide bonds. The quantitative estimate of drug-likeness (QED) is 0.620. The molecule has 120 valence electrons. The summed E-state index contributed by atoms with van der Waals surface area (Å²) in [6.45, 7) is 1.63. The van der Waals surface area contributed by atoms with E-state index in [0.717, 1.165) is 23.7 Å². The standard InChI is InChI=1S/C19H17N3OS/c1-21(12-14-6-7-15-4-2-3-5-16(15)10-14)13-17-11-18(23)22-8-9-24-19(22)20-17/h2-11H,12-13H2,1H3/p+1. The Morgan fingerprint density at radius 1 is 1.08 bits per heavy atom. The van der Waals surface area contributed by atoms with E-state index < -0.39 is 0 Å². The van der Waals surface area contributed by atoms with Gasteiger partial charge in [-0.05, 0) is 16.8 Å². The first-order valence-electron chi connectivity index (χ1n) is 7.94. The van der Waals surface area contributed by atoms with Crippen molar-refractivity contribution in [3.8, 4) is 0 Å². The third kappa shape index (κ3) is 2.96. The fraction of sp³-hybridized carbons (Fsp3) is 0.158. The van der Waals surface area contributed by atoms with Crippen molar-refractivity contribution in [1.29, 1.82) is 0 Å². The van der Waals surface area contributed by atoms with Gasteiger partial charge < -0.3 is 4.90 Å². The molecule has 24 heavy (non-hydrogen) atoms. The maximum Gasteiger partial charge on any atom is 0.258 e. The molecule has 0 aliphatic carbocycles. The van der Waals surface area contributed by atoms with E-state index in [0.29, 0.717) is 0 Å². The van der Waals surface area contributed by atoms with E-state index in [1.165, 1.54) is 32.6 Å². The van der Waals surface area contributed by atoms with Gasteiger partial charge in [0.15, 0.2) is 4.96 Å². The number of hydrogen-bond donors (Lipinski definition) is 1. The smallest absolute Gasteiger partial charge is 0.258 e. The van der Waals surface area contributed by atoms with Crippen LogP contribution in [0.2, 0.25) is 0 Å². The second-order valence-electron chi connectivity index (χ2n) is 6.13. The molecule has 0 bridgehead atoms. The number of fused-ring (bicyclic) bond motifs is 2. The van der Waals surface area contributed by atoms with Crippen molar-refractivity contribution in [3.63, 3.8) is 0 Å². The van der Waals surface area contributed by atoms with Gasteiger partial charge in [0.25, 0.3) is 5.56 Å². The Morgan fingerprint density at radius 3 is 2.79 bits per heavy atom. The Labute approximate surface area is 143 Å². The zero-order valence-electron chi connectivity index (χ0n) is 13.4. The largest absolute Gasteiger partial charge is 0.329 e. The Balaban J connectivity index is 1.54. The fourth-order valence-electron chi connectivity index (χ4n) is 3.05. The molecule has 2 aromatic carbocycles. The topological polar surface area (TPSA) is 38.8 Å². The molecule has 1 N–H and O–H groups in total. The van der Waals surface area contributed by atoms with Gasteiger partial charge in [-0.1, -0.05) is 36.4 Å². The van der Waals surface area contributed by atoms with Gasteiger partial charge in [-0.25, -0.2) is 4.98 Å². The average Bonchev–Trinajstić information content (AvgIpc) is 3.03. The first-order valence-corrected chi connectivity index (χ1v) is 8.82. The van der Waals surface area contributed by atoms with E-state index in [9.17, 15) is 4.79 Å². The Morgan fingerprint density at radius 2 is 1.92 bits per heavy atom. The predicted octanol–water partition coefficient (Wildman–Crippen LogP) is 2.12. The van der Waals surface area contributed by atoms with Crippen LogP contribution in [0.25, 0.3) is 15.7 Å². The second kappa shape index (κ2) is 6.19. The number of nitrogens with zero attached hydrogens (tertiary/aromatic N) is 2. The third-order valence-electron chi connectivity index (χ3n) is 4.16. The van der Waals surface area contributed by atoms with Gasteiger partial charge in [-0.3, -0.25) is 9.20 Å². The van der Waals surface area contributed by atoms with E-state index in [-0.39, 0.29) is 5.56 Å². The van der Waals surface area contributed by atoms with Crippen LogP contribution in [0.4, 0.5) is 0 Å². The molecule has 1 atom stereocenters. The van der Waals surface area contributed by atoms with Gasteiger partial charge in [0.1, 0.15) is 18.8 Å². The number of rotatable bonds is 4. The van der Waals surface area contributed by atoms with Crippen molar-refractivity contribution in [2.24, 2.45) is 0 Å². The molecule has 0 spiro atoms. The van der Waals surface area contributed by atoms with Crippen molar-refractivity contribution in [2.75, 3.05) is 7.05 Å². The zero-order valence-corrected chi connectivity index (χ0v) is 14.2. The van der Waals surface area contributed by atoms with Crippen LogP contribution in [-0.2, 0) is 13.1 Å². The van der Waals surface area contributed by atoms with Crippen LogP contribution in [0.5, 0.6) is 0 Å². The molecule has 1 unspecified atom stereocenters. The average molecular weight is 336 g/mol. The highest BCUT2D eigenvalue weighted by Gasteiger charge is 2.10. The molecular formula is C19H18N3OS+. The van der Waals surface area contributed by atoms with E-state index in [1.54, 1.807) is 16.7 Å². The fourth-order valence-corrected chi connectivity index (χ4v) is 3.79. The molecule has 0 saturated heterocycles. The van der Waals surface area contributed by atoms with Gasteiger partial charge in [0.2, 0.25) is 0 Å². The number of thiazole rings is 1. The van der Waals surface area contributed by atoms with Crippen LogP contribution in [-0.4, -0.2) is 16.4 Å². The van der Waals surface area contributed by atoms with E-state index in [4.69, 9.17) is 0 Å². The van der Waals surface area contributed by atoms with Crippen molar-refractivity contribution >= 4 is 27.1 Å². The number of quaternary nitrogens is 1. The summed E-state index contributed by atoms with van der Waals surface area (Å²) >= 11 is 1.49. The minimum absolute atomic E-state index is 0.00486. The van der Waals surface area contributed by atoms with E-state index >= 15 is 0 Å². The van der Waals surface area contributed by atoms with Crippen LogP contribution in [0.15, 0.2) is 64.9 Å². The minimum Gasteiger partial charge on any atom is -0.329 e. The maximum absolute atomic E-state index is 12.1. The normalized spacial score (nSPS) is 12.7. The van der Waals surface area contributed by atoms with Crippen LogP contribution >= 0.6 is 11.3 Å². The molecule has 4 aromatic rings. The lowest BCUT2D eigenvalue weighted by atomic mass is 10.1. The van der Waals surface area contributed by atoms with Crippen molar-refractivity contribution < 1.29 is 4.90 Å². The zero-order chi connectivity index (χ0) is 16.5. The summed E-state index contributed by atoms with van der Waals surface area (Å²) in [6.07, 6.45) is 1.77. The number of aromatic nitrogens is 2. The van der Waals surface area contributed by atoms with Crippen LogP contribution < -0.4 is 10.5 Å². The first kappa shape index (κ1) is 15.1. The highest BCUT2D eigenvalue weighted by Crippen LogP contribution is 2.15. The summed E-state index contributed by atoms with van der Waals surface area (Å²) in [6, 6.07) is 16.6. The van der Waals surface area contributed by atoms with Gasteiger partial charge in [0, 0.05) is 23.2 Å². The summed E-state index contributed by atoms with van der Waals surface area (Å²) in [5, 5.41) is 4.41. The molecule has 2 heterocycles. The molecule has 0 aliphatic rings.